The van der Waals surface area contributed by atoms with Gasteiger partial charge in [-0.05, 0) is 33.9 Å². The Bertz CT molecular complexity index is 703. The summed E-state index contributed by atoms with van der Waals surface area (Å²) in [6.07, 6.45) is 3.43. The second-order valence-electron chi connectivity index (χ2n) is 4.75. The molecule has 0 unspecified atom stereocenters. The van der Waals surface area contributed by atoms with Gasteiger partial charge in [-0.2, -0.15) is 8.73 Å². The van der Waals surface area contributed by atoms with Crippen LogP contribution in [0.1, 0.15) is 20.7 Å². The highest BCUT2D eigenvalue weighted by molar-refractivity contribution is 7.95. The average Bonchev–Trinajstić information content (AvgIpc) is 2.48. The van der Waals surface area contributed by atoms with E-state index in [1.54, 1.807) is 61.0 Å². The van der Waals surface area contributed by atoms with E-state index >= 15 is 0 Å². The van der Waals surface area contributed by atoms with Crippen LogP contribution in [0.5, 0.6) is 0 Å². The fourth-order valence-electron chi connectivity index (χ4n) is 1.69. The molecule has 0 aliphatic rings. The molecule has 108 valence electrons. The van der Waals surface area contributed by atoms with Crippen LogP contribution >= 0.6 is 0 Å². The van der Waals surface area contributed by atoms with Crippen molar-refractivity contribution < 1.29 is 9.59 Å². The summed E-state index contributed by atoms with van der Waals surface area (Å²) in [7, 11) is -2.03. The molecular weight excluding hydrogens is 284 g/mol. The maximum absolute atomic E-state index is 12.1. The Labute approximate surface area is 124 Å². The predicted octanol–water partition coefficient (Wildman–Crippen LogP) is 3.45. The summed E-state index contributed by atoms with van der Waals surface area (Å²) in [6, 6.07) is 17.5. The molecule has 4 nitrogen and oxygen atoms in total. The van der Waals surface area contributed by atoms with Crippen LogP contribution in [-0.2, 0) is 9.62 Å². The Balaban J connectivity index is 2.33. The first-order valence-corrected chi connectivity index (χ1v) is 8.72. The molecule has 2 aromatic rings. The molecule has 2 aromatic carbocycles. The van der Waals surface area contributed by atoms with Crippen LogP contribution in [0.2, 0.25) is 0 Å². The number of benzene rings is 2. The van der Waals surface area contributed by atoms with E-state index in [1.165, 1.54) is 0 Å². The van der Waals surface area contributed by atoms with E-state index in [0.717, 1.165) is 0 Å². The number of nitrogens with zero attached hydrogens (tertiary/aromatic N) is 2. The van der Waals surface area contributed by atoms with Gasteiger partial charge in [0.25, 0.3) is 11.8 Å². The maximum atomic E-state index is 12.1. The molecule has 0 heterocycles. The molecule has 0 saturated heterocycles. The average molecular weight is 300 g/mol. The third-order valence-corrected chi connectivity index (χ3v) is 3.88. The fourth-order valence-corrected chi connectivity index (χ4v) is 2.76. The highest BCUT2D eigenvalue weighted by Crippen LogP contribution is 2.07. The van der Waals surface area contributed by atoms with E-state index in [0.29, 0.717) is 11.1 Å². The molecule has 0 aliphatic carbocycles. The van der Waals surface area contributed by atoms with Crippen molar-refractivity contribution in [1.29, 1.82) is 0 Å². The van der Waals surface area contributed by atoms with Crippen molar-refractivity contribution >= 4 is 21.4 Å². The number of rotatable bonds is 2. The van der Waals surface area contributed by atoms with E-state index in [-0.39, 0.29) is 11.8 Å². The SMILES string of the molecule is CS(C)(=NC(=O)c1ccccc1)=NC(=O)c1ccccc1. The Hall–Kier alpha value is -2.27. The second kappa shape index (κ2) is 6.45. The second-order valence-corrected chi connectivity index (χ2v) is 7.55. The molecule has 0 aromatic heterocycles. The molecule has 0 spiro atoms. The largest absolute Gasteiger partial charge is 0.283 e. The van der Waals surface area contributed by atoms with Crippen molar-refractivity contribution in [2.45, 2.75) is 0 Å². The van der Waals surface area contributed by atoms with Gasteiger partial charge in [-0.25, -0.2) is 0 Å². The van der Waals surface area contributed by atoms with Gasteiger partial charge in [0.15, 0.2) is 0 Å². The maximum Gasteiger partial charge on any atom is 0.283 e. The number of amides is 2. The zero-order chi connectivity index (χ0) is 15.3. The van der Waals surface area contributed by atoms with Crippen LogP contribution < -0.4 is 0 Å². The lowest BCUT2D eigenvalue weighted by Crippen LogP contribution is -2.05. The van der Waals surface area contributed by atoms with Crippen molar-refractivity contribution in [3.63, 3.8) is 0 Å². The van der Waals surface area contributed by atoms with Gasteiger partial charge in [0.2, 0.25) is 0 Å². The summed E-state index contributed by atoms with van der Waals surface area (Å²) in [5.74, 6) is -0.694. The van der Waals surface area contributed by atoms with Crippen LogP contribution in [0.25, 0.3) is 0 Å². The van der Waals surface area contributed by atoms with Gasteiger partial charge in [0.1, 0.15) is 0 Å². The first-order valence-electron chi connectivity index (χ1n) is 6.36. The molecule has 0 fully saturated rings. The Morgan fingerprint density at radius 1 is 0.714 bits per heavy atom. The molecule has 5 heteroatoms. The van der Waals surface area contributed by atoms with Crippen molar-refractivity contribution in [3.05, 3.63) is 71.8 Å². The lowest BCUT2D eigenvalue weighted by atomic mass is 10.2. The van der Waals surface area contributed by atoms with Crippen LogP contribution in [0.3, 0.4) is 0 Å². The normalized spacial score (nSPS) is 10.8. The molecule has 0 saturated carbocycles. The quantitative estimate of drug-likeness (QED) is 0.853. The standard InChI is InChI=1S/C16H16N2O2S/c1-21(2,17-15(19)13-9-5-3-6-10-13)18-16(20)14-11-7-4-8-12-14/h3-12H,1-2H3. The van der Waals surface area contributed by atoms with E-state index in [1.807, 2.05) is 12.1 Å². The molecule has 0 atom stereocenters. The number of carbonyl (C=O) groups is 2. The Morgan fingerprint density at radius 3 is 1.38 bits per heavy atom. The van der Waals surface area contributed by atoms with Gasteiger partial charge in [-0.3, -0.25) is 9.59 Å². The van der Waals surface area contributed by atoms with E-state index in [9.17, 15) is 9.59 Å². The molecule has 0 radical (unpaired) electrons. The third-order valence-electron chi connectivity index (χ3n) is 2.65. The zero-order valence-electron chi connectivity index (χ0n) is 11.9. The molecule has 0 aliphatic heterocycles. The van der Waals surface area contributed by atoms with E-state index in [2.05, 4.69) is 8.73 Å². The summed E-state index contributed by atoms with van der Waals surface area (Å²) < 4.78 is 8.20. The van der Waals surface area contributed by atoms with Gasteiger partial charge in [-0.15, -0.1) is 0 Å². The van der Waals surface area contributed by atoms with Gasteiger partial charge in [0.05, 0.1) is 0 Å². The topological polar surface area (TPSA) is 58.9 Å². The summed E-state index contributed by atoms with van der Waals surface area (Å²) in [4.78, 5) is 24.1. The Morgan fingerprint density at radius 2 is 1.05 bits per heavy atom. The van der Waals surface area contributed by atoms with Gasteiger partial charge in [0, 0.05) is 23.6 Å². The van der Waals surface area contributed by atoms with Crippen molar-refractivity contribution in [2.75, 3.05) is 12.5 Å². The van der Waals surface area contributed by atoms with E-state index < -0.39 is 9.62 Å². The predicted molar refractivity (Wildman–Crippen MR) is 85.6 cm³/mol. The highest BCUT2D eigenvalue weighted by Gasteiger charge is 2.07. The number of hydrogen-bond donors (Lipinski definition) is 0. The first kappa shape index (κ1) is 15.1. The van der Waals surface area contributed by atoms with Crippen molar-refractivity contribution in [1.82, 2.24) is 0 Å². The fraction of sp³-hybridized carbons (Fsp3) is 0.125. The summed E-state index contributed by atoms with van der Waals surface area (Å²) in [5, 5.41) is 0. The minimum absolute atomic E-state index is 0.347. The smallest absolute Gasteiger partial charge is 0.266 e. The van der Waals surface area contributed by atoms with Crippen LogP contribution in [0, 0.1) is 0 Å². The summed E-state index contributed by atoms with van der Waals surface area (Å²) in [6.45, 7) is 0. The minimum Gasteiger partial charge on any atom is -0.266 e. The van der Waals surface area contributed by atoms with Crippen molar-refractivity contribution in [3.8, 4) is 0 Å². The van der Waals surface area contributed by atoms with Gasteiger partial charge in [-0.1, -0.05) is 36.4 Å². The van der Waals surface area contributed by atoms with Crippen LogP contribution in [-0.4, -0.2) is 24.3 Å². The highest BCUT2D eigenvalue weighted by atomic mass is 32.2. The lowest BCUT2D eigenvalue weighted by molar-refractivity contribution is 0.100. The third kappa shape index (κ3) is 4.36. The zero-order valence-corrected chi connectivity index (χ0v) is 12.7. The van der Waals surface area contributed by atoms with Gasteiger partial charge < -0.3 is 0 Å². The summed E-state index contributed by atoms with van der Waals surface area (Å²) >= 11 is 0. The van der Waals surface area contributed by atoms with E-state index in [4.69, 9.17) is 0 Å². The first-order chi connectivity index (χ1) is 9.98. The van der Waals surface area contributed by atoms with Crippen molar-refractivity contribution in [2.24, 2.45) is 8.73 Å². The lowest BCUT2D eigenvalue weighted by Gasteiger charge is -2.03. The van der Waals surface area contributed by atoms with Gasteiger partial charge >= 0.3 is 0 Å². The molecule has 2 amide bonds. The Kier molecular flexibility index (Phi) is 4.65. The molecule has 0 N–H and O–H groups in total. The number of hydrogen-bond acceptors (Lipinski definition) is 2. The number of carbonyl (C=O) groups excluding carboxylic acids is 2. The molecule has 2 rings (SSSR count). The van der Waals surface area contributed by atoms with Crippen LogP contribution in [0.4, 0.5) is 0 Å². The minimum atomic E-state index is -2.03. The summed E-state index contributed by atoms with van der Waals surface area (Å²) in [5.41, 5.74) is 1.00. The van der Waals surface area contributed by atoms with Crippen LogP contribution in [0.15, 0.2) is 69.4 Å². The molecule has 21 heavy (non-hydrogen) atoms. The molecule has 0 bridgehead atoms. The molecular formula is C16H16N2O2S. The monoisotopic (exact) mass is 300 g/mol.